The number of ketones is 1. The van der Waals surface area contributed by atoms with E-state index in [1.54, 1.807) is 13.8 Å². The molecule has 1 fully saturated rings. The van der Waals surface area contributed by atoms with Gasteiger partial charge >= 0.3 is 13.7 Å². The maximum absolute atomic E-state index is 12.4. The fourth-order valence-electron chi connectivity index (χ4n) is 5.13. The highest BCUT2D eigenvalue weighted by atomic mass is 31.2. The molecule has 1 heterocycles. The van der Waals surface area contributed by atoms with E-state index in [9.17, 15) is 14.2 Å². The van der Waals surface area contributed by atoms with Crippen molar-refractivity contribution in [2.24, 2.45) is 0 Å². The highest BCUT2D eigenvalue weighted by Gasteiger charge is 2.37. The summed E-state index contributed by atoms with van der Waals surface area (Å²) >= 11 is 0. The average Bonchev–Trinajstić information content (AvgIpc) is 2.98. The molecule has 0 spiro atoms. The molecule has 44 heavy (non-hydrogen) atoms. The van der Waals surface area contributed by atoms with Crippen LogP contribution in [-0.2, 0) is 39.2 Å². The van der Waals surface area contributed by atoms with E-state index in [0.29, 0.717) is 19.4 Å². The number of Topliss-reactive ketones (excluding diaryl/α,β-unsaturated/α-hetero) is 1. The first-order valence-electron chi connectivity index (χ1n) is 16.5. The molecule has 1 N–H and O–H groups in total. The maximum Gasteiger partial charge on any atom is 0.407 e. The first-order valence-corrected chi connectivity index (χ1v) is 18.2. The van der Waals surface area contributed by atoms with Gasteiger partial charge in [-0.25, -0.2) is 4.79 Å². The van der Waals surface area contributed by atoms with Gasteiger partial charge in [-0.1, -0.05) is 87.4 Å². The second-order valence-electron chi connectivity index (χ2n) is 11.8. The van der Waals surface area contributed by atoms with Crippen molar-refractivity contribution in [1.29, 1.82) is 0 Å². The summed E-state index contributed by atoms with van der Waals surface area (Å²) in [6.07, 6.45) is 15.9. The number of hydrogen-bond acceptors (Lipinski definition) is 8. The lowest BCUT2D eigenvalue weighted by atomic mass is 10.0. The Bertz CT molecular complexity index is 1010. The summed E-state index contributed by atoms with van der Waals surface area (Å²) in [5.41, 5.74) is 0.937. The molecule has 1 amide bonds. The Kier molecular flexibility index (Phi) is 18.8. The third-order valence-corrected chi connectivity index (χ3v) is 9.44. The minimum Gasteiger partial charge on any atom is -0.445 e. The SMILES string of the molecule is CCOP(=O)(CC(=O)CCCCCCCCCCC/C=C/CC1OC(C)(C)OCC1NC(=O)OCc1ccccc1)OCC. The normalized spacial score (nSPS) is 18.4. The molecule has 1 aromatic carbocycles. The van der Waals surface area contributed by atoms with Gasteiger partial charge in [0.25, 0.3) is 0 Å². The minimum atomic E-state index is -3.27. The van der Waals surface area contributed by atoms with Crippen LogP contribution in [0.1, 0.15) is 110 Å². The van der Waals surface area contributed by atoms with Crippen molar-refractivity contribution in [3.63, 3.8) is 0 Å². The van der Waals surface area contributed by atoms with Gasteiger partial charge in [0.1, 0.15) is 18.6 Å². The van der Waals surface area contributed by atoms with Crippen LogP contribution >= 0.6 is 7.60 Å². The molecule has 1 aromatic rings. The number of amides is 1. The summed E-state index contributed by atoms with van der Waals surface area (Å²) in [7, 11) is -3.27. The Morgan fingerprint density at radius 3 is 2.18 bits per heavy atom. The molecule has 0 aromatic heterocycles. The predicted molar refractivity (Wildman–Crippen MR) is 174 cm³/mol. The van der Waals surface area contributed by atoms with Crippen LogP contribution < -0.4 is 5.32 Å². The van der Waals surface area contributed by atoms with Crippen LogP contribution in [0.3, 0.4) is 0 Å². The molecule has 2 unspecified atom stereocenters. The smallest absolute Gasteiger partial charge is 0.407 e. The number of hydrogen-bond donors (Lipinski definition) is 1. The summed E-state index contributed by atoms with van der Waals surface area (Å²) in [6, 6.07) is 9.32. The molecule has 250 valence electrons. The van der Waals surface area contributed by atoms with E-state index in [4.69, 9.17) is 23.3 Å². The van der Waals surface area contributed by atoms with E-state index in [1.165, 1.54) is 32.1 Å². The number of unbranched alkanes of at least 4 members (excludes halogenated alkanes) is 9. The van der Waals surface area contributed by atoms with Gasteiger partial charge in [-0.3, -0.25) is 9.36 Å². The minimum absolute atomic E-state index is 0.0379. The van der Waals surface area contributed by atoms with Crippen molar-refractivity contribution in [3.05, 3.63) is 48.0 Å². The quantitative estimate of drug-likeness (QED) is 0.0723. The fraction of sp³-hybridized carbons (Fsp3) is 0.706. The maximum atomic E-state index is 12.4. The van der Waals surface area contributed by atoms with Gasteiger partial charge in [0.2, 0.25) is 0 Å². The third-order valence-electron chi connectivity index (χ3n) is 7.39. The van der Waals surface area contributed by atoms with Crippen molar-refractivity contribution < 1.29 is 37.4 Å². The van der Waals surface area contributed by atoms with Crippen LogP contribution in [0.2, 0.25) is 0 Å². The molecule has 0 radical (unpaired) electrons. The Morgan fingerprint density at radius 2 is 1.55 bits per heavy atom. The van der Waals surface area contributed by atoms with Crippen molar-refractivity contribution in [1.82, 2.24) is 5.32 Å². The van der Waals surface area contributed by atoms with Gasteiger partial charge in [0.15, 0.2) is 5.79 Å². The van der Waals surface area contributed by atoms with E-state index < -0.39 is 19.5 Å². The number of benzene rings is 1. The third kappa shape index (κ3) is 16.9. The molecule has 0 saturated carbocycles. The molecule has 1 saturated heterocycles. The lowest BCUT2D eigenvalue weighted by Crippen LogP contribution is -2.55. The van der Waals surface area contributed by atoms with Crippen LogP contribution in [0.25, 0.3) is 0 Å². The zero-order valence-electron chi connectivity index (χ0n) is 27.4. The molecular formula is C34H56NO8P. The molecule has 2 atom stereocenters. The van der Waals surface area contributed by atoms with Crippen molar-refractivity contribution >= 4 is 19.5 Å². The van der Waals surface area contributed by atoms with E-state index in [1.807, 2.05) is 44.2 Å². The van der Waals surface area contributed by atoms with E-state index in [2.05, 4.69) is 17.5 Å². The van der Waals surface area contributed by atoms with Crippen LogP contribution in [-0.4, -0.2) is 55.8 Å². The average molecular weight is 638 g/mol. The Labute approximate surface area is 265 Å². The number of rotatable bonds is 23. The zero-order valence-corrected chi connectivity index (χ0v) is 28.3. The fourth-order valence-corrected chi connectivity index (χ4v) is 6.76. The van der Waals surface area contributed by atoms with Crippen molar-refractivity contribution in [2.45, 2.75) is 129 Å². The van der Waals surface area contributed by atoms with Crippen LogP contribution in [0.5, 0.6) is 0 Å². The summed E-state index contributed by atoms with van der Waals surface area (Å²) in [5.74, 6) is -0.731. The van der Waals surface area contributed by atoms with Gasteiger partial charge in [-0.05, 0) is 58.9 Å². The number of alkyl carbamates (subject to hydrolysis) is 1. The molecule has 10 heteroatoms. The van der Waals surface area contributed by atoms with E-state index >= 15 is 0 Å². The molecule has 9 nitrogen and oxygen atoms in total. The zero-order chi connectivity index (χ0) is 32.1. The summed E-state index contributed by atoms with van der Waals surface area (Å²) in [4.78, 5) is 24.6. The molecule has 2 rings (SSSR count). The summed E-state index contributed by atoms with van der Waals surface area (Å²) < 4.78 is 40.2. The number of carbonyl (C=O) groups excluding carboxylic acids is 2. The standard InChI is InChI=1S/C34H56NO8P/c1-5-41-44(38,42-6-2)28-30(36)24-20-15-13-11-9-7-8-10-12-14-16-21-25-32-31(27-40-34(3,4)43-32)35-33(37)39-26-29-22-18-17-19-23-29/h16-19,21-23,31-32H,5-15,20,24-28H2,1-4H3,(H,35,37)/b21-16+. The van der Waals surface area contributed by atoms with Gasteiger partial charge in [0, 0.05) is 6.42 Å². The molecule has 0 bridgehead atoms. The molecule has 0 aliphatic carbocycles. The largest absolute Gasteiger partial charge is 0.445 e. The Morgan fingerprint density at radius 1 is 0.932 bits per heavy atom. The van der Waals surface area contributed by atoms with Crippen LogP contribution in [0.4, 0.5) is 4.79 Å². The Balaban J connectivity index is 1.51. The first kappa shape index (κ1) is 38.2. The van der Waals surface area contributed by atoms with Crippen molar-refractivity contribution in [3.8, 4) is 0 Å². The van der Waals surface area contributed by atoms with Gasteiger partial charge < -0.3 is 28.6 Å². The summed E-state index contributed by atoms with van der Waals surface area (Å²) in [5, 5.41) is 2.92. The number of allylic oxidation sites excluding steroid dienone is 1. The number of ether oxygens (including phenoxy) is 3. The second kappa shape index (κ2) is 21.7. The van der Waals surface area contributed by atoms with E-state index in [0.717, 1.165) is 37.7 Å². The highest BCUT2D eigenvalue weighted by Crippen LogP contribution is 2.48. The predicted octanol–water partition coefficient (Wildman–Crippen LogP) is 8.51. The van der Waals surface area contributed by atoms with Crippen LogP contribution in [0, 0.1) is 0 Å². The number of carbonyl (C=O) groups is 2. The topological polar surface area (TPSA) is 109 Å². The van der Waals surface area contributed by atoms with Gasteiger partial charge in [-0.2, -0.15) is 0 Å². The lowest BCUT2D eigenvalue weighted by Gasteiger charge is -2.40. The van der Waals surface area contributed by atoms with Gasteiger partial charge in [0.05, 0.1) is 32.0 Å². The second-order valence-corrected chi connectivity index (χ2v) is 13.8. The number of nitrogens with one attached hydrogen (secondary N) is 1. The monoisotopic (exact) mass is 637 g/mol. The summed E-state index contributed by atoms with van der Waals surface area (Å²) in [6.45, 7) is 8.44. The Hall–Kier alpha value is -2.03. The highest BCUT2D eigenvalue weighted by molar-refractivity contribution is 7.54. The molecule has 1 aliphatic heterocycles. The lowest BCUT2D eigenvalue weighted by molar-refractivity contribution is -0.280. The van der Waals surface area contributed by atoms with E-state index in [-0.39, 0.29) is 43.9 Å². The first-order chi connectivity index (χ1) is 21.2. The van der Waals surface area contributed by atoms with Crippen LogP contribution in [0.15, 0.2) is 42.5 Å². The molecular weight excluding hydrogens is 581 g/mol. The molecule has 1 aliphatic rings. The van der Waals surface area contributed by atoms with Crippen molar-refractivity contribution in [2.75, 3.05) is 26.0 Å². The van der Waals surface area contributed by atoms with Gasteiger partial charge in [-0.15, -0.1) is 0 Å².